The van der Waals surface area contributed by atoms with E-state index >= 15 is 0 Å². The van der Waals surface area contributed by atoms with Gasteiger partial charge >= 0.3 is 0 Å². The zero-order valence-corrected chi connectivity index (χ0v) is 18.8. The lowest BCUT2D eigenvalue weighted by Crippen LogP contribution is -2.36. The first-order valence-electron chi connectivity index (χ1n) is 9.62. The molecular formula is C20H22N4O2S3. The molecule has 2 fully saturated rings. The molecule has 1 unspecified atom stereocenters. The number of anilines is 1. The summed E-state index contributed by atoms with van der Waals surface area (Å²) in [6, 6.07) is 5.53. The minimum absolute atomic E-state index is 0.0304. The molecule has 0 aromatic carbocycles. The zero-order chi connectivity index (χ0) is 20.5. The number of hydrogen-bond donors (Lipinski definition) is 0. The fourth-order valence-corrected chi connectivity index (χ4v) is 5.75. The van der Waals surface area contributed by atoms with E-state index in [9.17, 15) is 9.59 Å². The van der Waals surface area contributed by atoms with E-state index in [2.05, 4.69) is 4.90 Å². The molecule has 4 rings (SSSR count). The van der Waals surface area contributed by atoms with Crippen LogP contribution in [0.5, 0.6) is 0 Å². The maximum absolute atomic E-state index is 13.3. The predicted octanol–water partition coefficient (Wildman–Crippen LogP) is 3.25. The molecule has 2 aromatic heterocycles. The summed E-state index contributed by atoms with van der Waals surface area (Å²) in [5.74, 6) is 2.50. The molecule has 2 aromatic rings. The number of thioether (sulfide) groups is 2. The Morgan fingerprint density at radius 3 is 2.76 bits per heavy atom. The monoisotopic (exact) mass is 446 g/mol. The number of pyridine rings is 1. The Hall–Kier alpha value is -1.84. The van der Waals surface area contributed by atoms with Gasteiger partial charge in [-0.3, -0.25) is 18.9 Å². The first-order chi connectivity index (χ1) is 14.0. The number of carbonyl (C=O) groups is 1. The van der Waals surface area contributed by atoms with E-state index in [1.165, 1.54) is 16.2 Å². The molecule has 29 heavy (non-hydrogen) atoms. The highest BCUT2D eigenvalue weighted by molar-refractivity contribution is 8.26. The number of carbonyl (C=O) groups excluding carboxylic acids is 1. The van der Waals surface area contributed by atoms with Crippen LogP contribution < -0.4 is 10.5 Å². The van der Waals surface area contributed by atoms with Crippen molar-refractivity contribution in [2.75, 3.05) is 29.5 Å². The van der Waals surface area contributed by atoms with Gasteiger partial charge in [0.15, 0.2) is 0 Å². The smallest absolute Gasteiger partial charge is 0.267 e. The van der Waals surface area contributed by atoms with E-state index in [1.807, 2.05) is 37.7 Å². The van der Waals surface area contributed by atoms with Crippen molar-refractivity contribution in [3.63, 3.8) is 0 Å². The zero-order valence-electron chi connectivity index (χ0n) is 16.3. The molecule has 152 valence electrons. The SMILES string of the molecule is CCC(C)N1C(=O)/C(=C/c2c(N3CCSCC3)nc3ccccn3c2=O)SC1=S. The first-order valence-corrected chi connectivity index (χ1v) is 12.0. The van der Waals surface area contributed by atoms with Crippen LogP contribution in [0.2, 0.25) is 0 Å². The van der Waals surface area contributed by atoms with Crippen molar-refractivity contribution < 1.29 is 4.79 Å². The summed E-state index contributed by atoms with van der Waals surface area (Å²) in [4.78, 5) is 35.4. The van der Waals surface area contributed by atoms with Gasteiger partial charge in [0.1, 0.15) is 15.8 Å². The van der Waals surface area contributed by atoms with Gasteiger partial charge < -0.3 is 4.90 Å². The molecule has 0 N–H and O–H groups in total. The Bertz CT molecular complexity index is 1060. The van der Waals surface area contributed by atoms with E-state index in [0.29, 0.717) is 26.3 Å². The van der Waals surface area contributed by atoms with Gasteiger partial charge in [0.05, 0.1) is 10.5 Å². The summed E-state index contributed by atoms with van der Waals surface area (Å²) in [5, 5.41) is 0. The normalized spacial score (nSPS) is 20.1. The largest absolute Gasteiger partial charge is 0.354 e. The minimum atomic E-state index is -0.169. The molecular weight excluding hydrogens is 424 g/mol. The van der Waals surface area contributed by atoms with Crippen LogP contribution >= 0.6 is 35.7 Å². The summed E-state index contributed by atoms with van der Waals surface area (Å²) >= 11 is 8.59. The highest BCUT2D eigenvalue weighted by Crippen LogP contribution is 2.35. The number of rotatable bonds is 4. The summed E-state index contributed by atoms with van der Waals surface area (Å²) in [6.07, 6.45) is 4.21. The number of thiocarbonyl (C=S) groups is 1. The van der Waals surface area contributed by atoms with Crippen LogP contribution in [0.4, 0.5) is 5.82 Å². The summed E-state index contributed by atoms with van der Waals surface area (Å²) in [7, 11) is 0. The van der Waals surface area contributed by atoms with Crippen molar-refractivity contribution in [3.05, 3.63) is 45.2 Å². The summed E-state index contributed by atoms with van der Waals surface area (Å²) in [6.45, 7) is 5.67. The van der Waals surface area contributed by atoms with Gasteiger partial charge in [-0.1, -0.05) is 37.0 Å². The Morgan fingerprint density at radius 1 is 1.28 bits per heavy atom. The molecule has 0 radical (unpaired) electrons. The Morgan fingerprint density at radius 2 is 2.03 bits per heavy atom. The highest BCUT2D eigenvalue weighted by atomic mass is 32.2. The number of nitrogens with zero attached hydrogens (tertiary/aromatic N) is 4. The van der Waals surface area contributed by atoms with Crippen LogP contribution in [0, 0.1) is 0 Å². The quantitative estimate of drug-likeness (QED) is 0.528. The van der Waals surface area contributed by atoms with E-state index in [4.69, 9.17) is 17.2 Å². The molecule has 6 nitrogen and oxygen atoms in total. The van der Waals surface area contributed by atoms with Crippen LogP contribution in [0.1, 0.15) is 25.8 Å². The molecule has 2 aliphatic rings. The third-order valence-electron chi connectivity index (χ3n) is 5.19. The number of hydrogen-bond acceptors (Lipinski definition) is 7. The molecule has 0 saturated carbocycles. The third-order valence-corrected chi connectivity index (χ3v) is 7.46. The van der Waals surface area contributed by atoms with Crippen molar-refractivity contribution in [1.82, 2.24) is 14.3 Å². The average molecular weight is 447 g/mol. The molecule has 2 aliphatic heterocycles. The fourth-order valence-electron chi connectivity index (χ4n) is 3.41. The van der Waals surface area contributed by atoms with Gasteiger partial charge in [0.2, 0.25) is 0 Å². The Kier molecular flexibility index (Phi) is 5.98. The van der Waals surface area contributed by atoms with Crippen LogP contribution in [-0.4, -0.2) is 55.1 Å². The van der Waals surface area contributed by atoms with Crippen LogP contribution in [-0.2, 0) is 4.79 Å². The van der Waals surface area contributed by atoms with Crippen molar-refractivity contribution in [3.8, 4) is 0 Å². The van der Waals surface area contributed by atoms with Gasteiger partial charge in [-0.2, -0.15) is 11.8 Å². The second kappa shape index (κ2) is 8.49. The molecule has 0 spiro atoms. The van der Waals surface area contributed by atoms with Crippen LogP contribution in [0.25, 0.3) is 11.7 Å². The second-order valence-corrected chi connectivity index (χ2v) is 9.89. The van der Waals surface area contributed by atoms with Gasteiger partial charge in [0, 0.05) is 36.8 Å². The second-order valence-electron chi connectivity index (χ2n) is 6.99. The third kappa shape index (κ3) is 3.83. The van der Waals surface area contributed by atoms with Crippen molar-refractivity contribution in [1.29, 1.82) is 0 Å². The van der Waals surface area contributed by atoms with E-state index < -0.39 is 0 Å². The number of amides is 1. The van der Waals surface area contributed by atoms with E-state index in [0.717, 1.165) is 31.0 Å². The first kappa shape index (κ1) is 20.4. The van der Waals surface area contributed by atoms with Gasteiger partial charge in [-0.05, 0) is 31.6 Å². The molecule has 1 amide bonds. The lowest BCUT2D eigenvalue weighted by atomic mass is 10.2. The summed E-state index contributed by atoms with van der Waals surface area (Å²) in [5.41, 5.74) is 0.887. The van der Waals surface area contributed by atoms with Crippen molar-refractivity contribution in [2.24, 2.45) is 0 Å². The summed E-state index contributed by atoms with van der Waals surface area (Å²) < 4.78 is 2.07. The van der Waals surface area contributed by atoms with Crippen LogP contribution in [0.3, 0.4) is 0 Å². The van der Waals surface area contributed by atoms with E-state index in [-0.39, 0.29) is 17.5 Å². The Balaban J connectivity index is 1.85. The molecule has 1 atom stereocenters. The maximum atomic E-state index is 13.3. The molecule has 9 heteroatoms. The van der Waals surface area contributed by atoms with Crippen molar-refractivity contribution >= 4 is 63.5 Å². The van der Waals surface area contributed by atoms with Gasteiger partial charge in [-0.25, -0.2) is 4.98 Å². The molecule has 0 bridgehead atoms. The van der Waals surface area contributed by atoms with Crippen LogP contribution in [0.15, 0.2) is 34.1 Å². The fraction of sp³-hybridized carbons (Fsp3) is 0.400. The maximum Gasteiger partial charge on any atom is 0.267 e. The average Bonchev–Trinajstić information content (AvgIpc) is 3.03. The lowest BCUT2D eigenvalue weighted by Gasteiger charge is -2.28. The molecule has 4 heterocycles. The Labute approximate surface area is 183 Å². The van der Waals surface area contributed by atoms with Gasteiger partial charge in [0.25, 0.3) is 11.5 Å². The molecule has 0 aliphatic carbocycles. The lowest BCUT2D eigenvalue weighted by molar-refractivity contribution is -0.123. The van der Waals surface area contributed by atoms with E-state index in [1.54, 1.807) is 23.2 Å². The topological polar surface area (TPSA) is 57.9 Å². The van der Waals surface area contributed by atoms with Crippen molar-refractivity contribution in [2.45, 2.75) is 26.3 Å². The number of fused-ring (bicyclic) bond motifs is 1. The number of aromatic nitrogens is 2. The van der Waals surface area contributed by atoms with Gasteiger partial charge in [-0.15, -0.1) is 0 Å². The molecule has 2 saturated heterocycles. The standard InChI is InChI=1S/C20H22N4O2S3/c1-3-13(2)24-19(26)15(29-20(24)27)12-14-17(22-8-10-28-11-9-22)21-16-6-4-5-7-23(16)18(14)25/h4-7,12-13H,3,8-11H2,1-2H3/b15-12-. The minimum Gasteiger partial charge on any atom is -0.354 e. The highest BCUT2D eigenvalue weighted by Gasteiger charge is 2.35. The predicted molar refractivity (Wildman–Crippen MR) is 126 cm³/mol.